The number of ether oxygens (including phenoxy) is 1. The Morgan fingerprint density at radius 1 is 1.12 bits per heavy atom. The number of fused-ring (bicyclic) bond motifs is 2. The second-order valence-corrected chi connectivity index (χ2v) is 7.36. The molecule has 1 aliphatic rings. The van der Waals surface area contributed by atoms with E-state index in [-0.39, 0.29) is 24.9 Å². The van der Waals surface area contributed by atoms with Crippen LogP contribution in [0.3, 0.4) is 0 Å². The Morgan fingerprint density at radius 2 is 1.97 bits per heavy atom. The molecule has 3 heterocycles. The van der Waals surface area contributed by atoms with Crippen molar-refractivity contribution in [2.75, 3.05) is 18.1 Å². The minimum Gasteiger partial charge on any atom is -0.492 e. The molecule has 0 bridgehead atoms. The zero-order chi connectivity index (χ0) is 21.2. The van der Waals surface area contributed by atoms with Crippen molar-refractivity contribution in [3.63, 3.8) is 0 Å². The normalized spacial score (nSPS) is 12.9. The van der Waals surface area contributed by atoms with Gasteiger partial charge in [-0.1, -0.05) is 36.4 Å². The molecule has 0 radical (unpaired) electrons. The Morgan fingerprint density at radius 3 is 2.78 bits per heavy atom. The molecule has 2 aromatic heterocycles. The smallest absolute Gasteiger partial charge is 0.414 e. The second kappa shape index (κ2) is 9.25. The van der Waals surface area contributed by atoms with Gasteiger partial charge in [0.2, 0.25) is 5.95 Å². The zero-order valence-electron chi connectivity index (χ0n) is 17.1. The quantitative estimate of drug-likeness (QED) is 0.429. The standard InChI is InChI=1S/C23H21N5O3.ClH/c29-23(30)28(14-15-4-2-1-3-5-15)22-26-19-11-17(13-25-21(19)27-22)16-6-7-20-18(10-16)12-24-8-9-31-20;/h1-7,10-11,13,24H,8-9,12,14H2,(H,29,30)(H,25,26,27);1H. The van der Waals surface area contributed by atoms with Gasteiger partial charge in [-0.2, -0.15) is 4.98 Å². The van der Waals surface area contributed by atoms with Gasteiger partial charge < -0.3 is 20.1 Å². The number of rotatable bonds is 4. The molecule has 0 atom stereocenters. The highest BCUT2D eigenvalue weighted by Crippen LogP contribution is 2.29. The van der Waals surface area contributed by atoms with Crippen LogP contribution < -0.4 is 15.0 Å². The first kappa shape index (κ1) is 21.6. The first-order chi connectivity index (χ1) is 15.2. The lowest BCUT2D eigenvalue weighted by Gasteiger charge is -2.15. The number of nitrogens with one attached hydrogen (secondary N) is 2. The number of halogens is 1. The van der Waals surface area contributed by atoms with Crippen LogP contribution >= 0.6 is 12.4 Å². The number of carboxylic acid groups (broad SMARTS) is 1. The van der Waals surface area contributed by atoms with Crippen molar-refractivity contribution in [3.05, 3.63) is 71.9 Å². The highest BCUT2D eigenvalue weighted by Gasteiger charge is 2.19. The number of aromatic amines is 1. The molecule has 164 valence electrons. The van der Waals surface area contributed by atoms with Crippen LogP contribution in [0.5, 0.6) is 5.75 Å². The van der Waals surface area contributed by atoms with Crippen molar-refractivity contribution in [1.82, 2.24) is 20.3 Å². The van der Waals surface area contributed by atoms with Gasteiger partial charge in [0.15, 0.2) is 5.65 Å². The third-order valence-electron chi connectivity index (χ3n) is 5.24. The summed E-state index contributed by atoms with van der Waals surface area (Å²) in [6.45, 7) is 2.41. The van der Waals surface area contributed by atoms with E-state index in [9.17, 15) is 9.90 Å². The van der Waals surface area contributed by atoms with Crippen molar-refractivity contribution in [2.24, 2.45) is 0 Å². The van der Waals surface area contributed by atoms with E-state index in [1.54, 1.807) is 6.20 Å². The van der Waals surface area contributed by atoms with E-state index < -0.39 is 6.09 Å². The molecule has 0 saturated heterocycles. The average molecular weight is 452 g/mol. The van der Waals surface area contributed by atoms with Gasteiger partial charge in [0.25, 0.3) is 0 Å². The summed E-state index contributed by atoms with van der Waals surface area (Å²) in [7, 11) is 0. The van der Waals surface area contributed by atoms with E-state index in [1.807, 2.05) is 48.5 Å². The summed E-state index contributed by atoms with van der Waals surface area (Å²) < 4.78 is 5.76. The molecule has 4 aromatic rings. The maximum Gasteiger partial charge on any atom is 0.414 e. The number of benzene rings is 2. The van der Waals surface area contributed by atoms with Gasteiger partial charge in [0.05, 0.1) is 12.1 Å². The third kappa shape index (κ3) is 4.37. The molecule has 3 N–H and O–H groups in total. The molecule has 0 fully saturated rings. The van der Waals surface area contributed by atoms with E-state index >= 15 is 0 Å². The number of hydrogen-bond donors (Lipinski definition) is 3. The summed E-state index contributed by atoms with van der Waals surface area (Å²) >= 11 is 0. The minimum absolute atomic E-state index is 0. The Balaban J connectivity index is 0.00000245. The largest absolute Gasteiger partial charge is 0.492 e. The second-order valence-electron chi connectivity index (χ2n) is 7.36. The molecule has 5 rings (SSSR count). The number of anilines is 1. The highest BCUT2D eigenvalue weighted by molar-refractivity contribution is 5.87. The van der Waals surface area contributed by atoms with Crippen LogP contribution in [0.2, 0.25) is 0 Å². The predicted molar refractivity (Wildman–Crippen MR) is 124 cm³/mol. The van der Waals surface area contributed by atoms with Crippen LogP contribution in [-0.4, -0.2) is 39.3 Å². The molecule has 2 aromatic carbocycles. The van der Waals surface area contributed by atoms with Crippen molar-refractivity contribution in [2.45, 2.75) is 13.1 Å². The number of H-pyrrole nitrogens is 1. The Kier molecular flexibility index (Phi) is 6.25. The zero-order valence-corrected chi connectivity index (χ0v) is 17.9. The fourth-order valence-corrected chi connectivity index (χ4v) is 3.67. The highest BCUT2D eigenvalue weighted by atomic mass is 35.5. The lowest BCUT2D eigenvalue weighted by molar-refractivity contribution is 0.201. The van der Waals surface area contributed by atoms with Crippen LogP contribution in [-0.2, 0) is 13.1 Å². The van der Waals surface area contributed by atoms with Crippen LogP contribution in [0, 0.1) is 0 Å². The molecule has 9 heteroatoms. The first-order valence-electron chi connectivity index (χ1n) is 10.0. The molecule has 0 spiro atoms. The van der Waals surface area contributed by atoms with E-state index in [0.717, 1.165) is 41.1 Å². The topological polar surface area (TPSA) is 103 Å². The molecule has 0 aliphatic carbocycles. The summed E-state index contributed by atoms with van der Waals surface area (Å²) in [5, 5.41) is 13.0. The lowest BCUT2D eigenvalue weighted by atomic mass is 10.0. The molecule has 0 saturated carbocycles. The summed E-state index contributed by atoms with van der Waals surface area (Å²) in [5.74, 6) is 1.14. The van der Waals surface area contributed by atoms with Gasteiger partial charge in [-0.25, -0.2) is 14.7 Å². The van der Waals surface area contributed by atoms with Gasteiger partial charge in [0, 0.05) is 30.4 Å². The van der Waals surface area contributed by atoms with Crippen LogP contribution in [0.4, 0.5) is 10.7 Å². The van der Waals surface area contributed by atoms with Crippen LogP contribution in [0.25, 0.3) is 22.3 Å². The molecular formula is C23H22ClN5O3. The summed E-state index contributed by atoms with van der Waals surface area (Å²) in [6, 6.07) is 17.4. The van der Waals surface area contributed by atoms with Crippen molar-refractivity contribution < 1.29 is 14.6 Å². The third-order valence-corrected chi connectivity index (χ3v) is 5.24. The summed E-state index contributed by atoms with van der Waals surface area (Å²) in [4.78, 5) is 25.0. The van der Waals surface area contributed by atoms with Gasteiger partial charge in [-0.3, -0.25) is 0 Å². The maximum absolute atomic E-state index is 11.9. The van der Waals surface area contributed by atoms with Gasteiger partial charge in [-0.05, 0) is 29.3 Å². The number of imidazole rings is 1. The Labute approximate surface area is 190 Å². The van der Waals surface area contributed by atoms with Crippen molar-refractivity contribution >= 4 is 35.6 Å². The molecule has 32 heavy (non-hydrogen) atoms. The molecule has 1 amide bonds. The van der Waals surface area contributed by atoms with Crippen molar-refractivity contribution in [1.29, 1.82) is 0 Å². The average Bonchev–Trinajstić information content (AvgIpc) is 3.06. The predicted octanol–water partition coefficient (Wildman–Crippen LogP) is 4.21. The minimum atomic E-state index is -1.08. The number of aromatic nitrogens is 3. The fourth-order valence-electron chi connectivity index (χ4n) is 3.67. The molecule has 8 nitrogen and oxygen atoms in total. The first-order valence-corrected chi connectivity index (χ1v) is 10.0. The monoisotopic (exact) mass is 451 g/mol. The Bertz CT molecular complexity index is 1250. The summed E-state index contributed by atoms with van der Waals surface area (Å²) in [5.41, 5.74) is 5.05. The maximum atomic E-state index is 11.9. The number of carbonyl (C=O) groups is 1. The number of pyridine rings is 1. The fraction of sp³-hybridized carbons (Fsp3) is 0.174. The van der Waals surface area contributed by atoms with E-state index in [1.165, 1.54) is 4.90 Å². The molecule has 0 unspecified atom stereocenters. The van der Waals surface area contributed by atoms with Gasteiger partial charge >= 0.3 is 6.09 Å². The Hall–Kier alpha value is -3.62. The van der Waals surface area contributed by atoms with Gasteiger partial charge in [-0.15, -0.1) is 12.4 Å². The van der Waals surface area contributed by atoms with Crippen LogP contribution in [0.15, 0.2) is 60.8 Å². The van der Waals surface area contributed by atoms with Gasteiger partial charge in [0.1, 0.15) is 12.4 Å². The lowest BCUT2D eigenvalue weighted by Crippen LogP contribution is -2.29. The number of hydrogen-bond acceptors (Lipinski definition) is 5. The molecular weight excluding hydrogens is 430 g/mol. The van der Waals surface area contributed by atoms with Crippen molar-refractivity contribution in [3.8, 4) is 16.9 Å². The van der Waals surface area contributed by atoms with E-state index in [4.69, 9.17) is 4.74 Å². The number of nitrogens with zero attached hydrogens (tertiary/aromatic N) is 3. The van der Waals surface area contributed by atoms with E-state index in [2.05, 4.69) is 26.3 Å². The summed E-state index contributed by atoms with van der Waals surface area (Å²) in [6.07, 6.45) is 0.670. The van der Waals surface area contributed by atoms with Crippen LogP contribution in [0.1, 0.15) is 11.1 Å². The molecule has 1 aliphatic heterocycles. The number of amides is 1. The van der Waals surface area contributed by atoms with E-state index in [0.29, 0.717) is 17.8 Å². The SMILES string of the molecule is Cl.O=C(O)N(Cc1ccccc1)c1nc2ncc(-c3ccc4c(c3)CNCCO4)cc2[nH]1.